The Labute approximate surface area is 156 Å². The molecule has 0 aromatic rings. The summed E-state index contributed by atoms with van der Waals surface area (Å²) in [5, 5.41) is 66.3. The van der Waals surface area contributed by atoms with Crippen LogP contribution in [0, 0.1) is 0 Å². The second kappa shape index (κ2) is 11.7. The summed E-state index contributed by atoms with van der Waals surface area (Å²) in [7, 11) is 0. The van der Waals surface area contributed by atoms with Crippen molar-refractivity contribution in [2.24, 2.45) is 0 Å². The Hall–Kier alpha value is -1.77. The summed E-state index contributed by atoms with van der Waals surface area (Å²) in [5.74, 6) is -8.56. The molecule has 0 spiro atoms. The van der Waals surface area contributed by atoms with E-state index in [2.05, 4.69) is 0 Å². The van der Waals surface area contributed by atoms with Crippen LogP contribution in [0.1, 0.15) is 14.3 Å². The van der Waals surface area contributed by atoms with Gasteiger partial charge in [-0.3, -0.25) is 9.59 Å². The molecular formula is C10H15NaO13. The van der Waals surface area contributed by atoms with E-state index in [4.69, 9.17) is 40.9 Å². The largest absolute Gasteiger partial charge is 1.00 e. The SMILES string of the molecule is O=C(O)C(O)C(O)C(=O)O.O=C(O)CC(O)(CC(=O)O)C(=O)O.[H-].[Na+]. The van der Waals surface area contributed by atoms with Crippen LogP contribution >= 0.6 is 0 Å². The standard InChI is InChI=1S/C6H8O7.C4H6O6.Na.H/c7-3(8)1-6(13,5(11)12)2-4(9)10;5-1(3(7)8)2(6)4(9)10;;/h13H,1-2H2,(H,7,8)(H,9,10)(H,11,12);1-2,5-6H,(H,7,8)(H,9,10);;/q;;+1;-1. The third-order valence-corrected chi connectivity index (χ3v) is 2.09. The molecule has 0 heterocycles. The maximum absolute atomic E-state index is 10.3. The zero-order valence-electron chi connectivity index (χ0n) is 13.2. The average molecular weight is 366 g/mol. The molecule has 0 rings (SSSR count). The molecule has 14 heteroatoms. The summed E-state index contributed by atoms with van der Waals surface area (Å²) in [6, 6.07) is 0. The number of hydrogen-bond donors (Lipinski definition) is 8. The number of carboxylic acids is 5. The summed E-state index contributed by atoms with van der Waals surface area (Å²) < 4.78 is 0. The number of aliphatic hydroxyl groups is 3. The Kier molecular flexibility index (Phi) is 13.2. The van der Waals surface area contributed by atoms with Gasteiger partial charge in [0, 0.05) is 0 Å². The molecule has 0 aliphatic rings. The first-order valence-corrected chi connectivity index (χ1v) is 5.45. The average Bonchev–Trinajstić information content (AvgIpc) is 2.35. The van der Waals surface area contributed by atoms with E-state index in [1.165, 1.54) is 0 Å². The molecule has 8 N–H and O–H groups in total. The topological polar surface area (TPSA) is 247 Å². The fourth-order valence-electron chi connectivity index (χ4n) is 0.984. The van der Waals surface area contributed by atoms with E-state index < -0.39 is 60.5 Å². The normalized spacial score (nSPS) is 12.5. The number of aliphatic carboxylic acids is 5. The smallest absolute Gasteiger partial charge is 1.00 e. The van der Waals surface area contributed by atoms with Gasteiger partial charge in [-0.15, -0.1) is 0 Å². The van der Waals surface area contributed by atoms with E-state index in [-0.39, 0.29) is 31.0 Å². The minimum absolute atomic E-state index is 0. The molecule has 0 saturated heterocycles. The fourth-order valence-corrected chi connectivity index (χ4v) is 0.984. The van der Waals surface area contributed by atoms with Crippen LogP contribution in [-0.2, 0) is 24.0 Å². The molecule has 0 bridgehead atoms. The van der Waals surface area contributed by atoms with Gasteiger partial charge in [0.05, 0.1) is 12.8 Å². The minimum Gasteiger partial charge on any atom is -1.00 e. The number of aliphatic hydroxyl groups excluding tert-OH is 2. The van der Waals surface area contributed by atoms with Crippen molar-refractivity contribution >= 4 is 29.8 Å². The number of carbonyl (C=O) groups is 5. The Balaban J connectivity index is -0.000000168. The Bertz CT molecular complexity index is 459. The van der Waals surface area contributed by atoms with Gasteiger partial charge in [0.25, 0.3) is 0 Å². The molecule has 0 saturated carbocycles. The number of rotatable bonds is 8. The van der Waals surface area contributed by atoms with Gasteiger partial charge in [-0.05, 0) is 0 Å². The third kappa shape index (κ3) is 10.9. The molecular weight excluding hydrogens is 351 g/mol. The molecule has 0 aromatic heterocycles. The van der Waals surface area contributed by atoms with Gasteiger partial charge in [0.1, 0.15) is 0 Å². The van der Waals surface area contributed by atoms with Crippen LogP contribution in [0.4, 0.5) is 0 Å². The second-order valence-corrected chi connectivity index (χ2v) is 4.04. The van der Waals surface area contributed by atoms with E-state index in [0.29, 0.717) is 0 Å². The van der Waals surface area contributed by atoms with Crippen molar-refractivity contribution in [2.45, 2.75) is 30.7 Å². The zero-order chi connectivity index (χ0) is 19.0. The molecule has 0 radical (unpaired) electrons. The van der Waals surface area contributed by atoms with Crippen molar-refractivity contribution in [3.8, 4) is 0 Å². The molecule has 0 aliphatic heterocycles. The maximum Gasteiger partial charge on any atom is 1.00 e. The predicted molar refractivity (Wildman–Crippen MR) is 65.5 cm³/mol. The van der Waals surface area contributed by atoms with Crippen molar-refractivity contribution < 1.29 is 95.8 Å². The van der Waals surface area contributed by atoms with Crippen molar-refractivity contribution in [1.29, 1.82) is 0 Å². The monoisotopic (exact) mass is 366 g/mol. The minimum atomic E-state index is -2.74. The van der Waals surface area contributed by atoms with Crippen LogP contribution in [-0.4, -0.2) is 88.5 Å². The maximum atomic E-state index is 10.3. The first kappa shape index (κ1) is 27.1. The van der Waals surface area contributed by atoms with E-state index in [1.807, 2.05) is 0 Å². The summed E-state index contributed by atoms with van der Waals surface area (Å²) in [5.41, 5.74) is -2.74. The zero-order valence-corrected chi connectivity index (χ0v) is 14.2. The molecule has 0 fully saturated rings. The van der Waals surface area contributed by atoms with Crippen LogP contribution in [0.25, 0.3) is 0 Å². The van der Waals surface area contributed by atoms with E-state index in [9.17, 15) is 24.0 Å². The summed E-state index contributed by atoms with van der Waals surface area (Å²) >= 11 is 0. The summed E-state index contributed by atoms with van der Waals surface area (Å²) in [6.07, 6.45) is -6.82. The van der Waals surface area contributed by atoms with Crippen LogP contribution in [0.5, 0.6) is 0 Å². The Morgan fingerprint density at radius 2 is 1.00 bits per heavy atom. The number of carboxylic acid groups (broad SMARTS) is 5. The van der Waals surface area contributed by atoms with Crippen LogP contribution < -0.4 is 29.6 Å². The molecule has 2 atom stereocenters. The molecule has 0 aliphatic carbocycles. The van der Waals surface area contributed by atoms with E-state index in [1.54, 1.807) is 0 Å². The van der Waals surface area contributed by atoms with Crippen molar-refractivity contribution in [3.63, 3.8) is 0 Å². The van der Waals surface area contributed by atoms with E-state index in [0.717, 1.165) is 0 Å². The predicted octanol–water partition coefficient (Wildman–Crippen LogP) is -6.25. The summed E-state index contributed by atoms with van der Waals surface area (Å²) in [4.78, 5) is 50.0. The Morgan fingerprint density at radius 1 is 0.750 bits per heavy atom. The molecule has 2 unspecified atom stereocenters. The number of hydrogen-bond acceptors (Lipinski definition) is 8. The van der Waals surface area contributed by atoms with Gasteiger partial charge in [0.2, 0.25) is 0 Å². The van der Waals surface area contributed by atoms with Crippen molar-refractivity contribution in [2.75, 3.05) is 0 Å². The van der Waals surface area contributed by atoms with Crippen LogP contribution in [0.15, 0.2) is 0 Å². The van der Waals surface area contributed by atoms with Gasteiger partial charge in [-0.2, -0.15) is 0 Å². The first-order chi connectivity index (χ1) is 10.2. The molecule has 134 valence electrons. The molecule has 0 amide bonds. The molecule has 24 heavy (non-hydrogen) atoms. The van der Waals surface area contributed by atoms with Crippen molar-refractivity contribution in [3.05, 3.63) is 0 Å². The first-order valence-electron chi connectivity index (χ1n) is 5.45. The summed E-state index contributed by atoms with van der Waals surface area (Å²) in [6.45, 7) is 0. The van der Waals surface area contributed by atoms with Crippen LogP contribution in [0.3, 0.4) is 0 Å². The van der Waals surface area contributed by atoms with Crippen molar-refractivity contribution in [1.82, 2.24) is 0 Å². The van der Waals surface area contributed by atoms with Gasteiger partial charge in [0.15, 0.2) is 17.8 Å². The molecule has 0 aromatic carbocycles. The third-order valence-electron chi connectivity index (χ3n) is 2.09. The van der Waals surface area contributed by atoms with Gasteiger partial charge in [-0.1, -0.05) is 0 Å². The fraction of sp³-hybridized carbons (Fsp3) is 0.500. The van der Waals surface area contributed by atoms with Gasteiger partial charge < -0.3 is 42.3 Å². The molecule has 13 nitrogen and oxygen atoms in total. The van der Waals surface area contributed by atoms with Crippen LogP contribution in [0.2, 0.25) is 0 Å². The second-order valence-electron chi connectivity index (χ2n) is 4.04. The van der Waals surface area contributed by atoms with Gasteiger partial charge in [-0.25, -0.2) is 14.4 Å². The Morgan fingerprint density at radius 3 is 1.12 bits per heavy atom. The quantitative estimate of drug-likeness (QED) is 0.186. The van der Waals surface area contributed by atoms with Gasteiger partial charge >= 0.3 is 59.4 Å². The van der Waals surface area contributed by atoms with E-state index >= 15 is 0 Å².